The van der Waals surface area contributed by atoms with Crippen LogP contribution in [0.2, 0.25) is 0 Å². The molecule has 3 nitrogen and oxygen atoms in total. The van der Waals surface area contributed by atoms with Crippen molar-refractivity contribution in [3.63, 3.8) is 0 Å². The summed E-state index contributed by atoms with van der Waals surface area (Å²) in [6, 6.07) is 13.3. The van der Waals surface area contributed by atoms with Gasteiger partial charge in [-0.05, 0) is 44.0 Å². The SMILES string of the molecule is Cc1ccc(C(=O)NC(C)c2ccccc2N)c(C)c1. The van der Waals surface area contributed by atoms with Gasteiger partial charge in [0.1, 0.15) is 0 Å². The minimum Gasteiger partial charge on any atom is -0.398 e. The molecule has 2 aromatic rings. The Hall–Kier alpha value is -2.29. The summed E-state index contributed by atoms with van der Waals surface area (Å²) in [5.74, 6) is -0.0711. The van der Waals surface area contributed by atoms with Crippen LogP contribution in [0.4, 0.5) is 5.69 Å². The first-order chi connectivity index (χ1) is 9.49. The van der Waals surface area contributed by atoms with Gasteiger partial charge in [0.2, 0.25) is 0 Å². The average molecular weight is 268 g/mol. The van der Waals surface area contributed by atoms with Crippen molar-refractivity contribution in [3.8, 4) is 0 Å². The number of nitrogen functional groups attached to an aromatic ring is 1. The Morgan fingerprint density at radius 3 is 2.50 bits per heavy atom. The van der Waals surface area contributed by atoms with Crippen LogP contribution in [-0.2, 0) is 0 Å². The number of nitrogens with one attached hydrogen (secondary N) is 1. The van der Waals surface area contributed by atoms with E-state index in [-0.39, 0.29) is 11.9 Å². The smallest absolute Gasteiger partial charge is 0.252 e. The van der Waals surface area contributed by atoms with Crippen LogP contribution in [0.3, 0.4) is 0 Å². The Balaban J connectivity index is 2.17. The molecule has 0 fully saturated rings. The van der Waals surface area contributed by atoms with E-state index in [0.29, 0.717) is 11.3 Å². The molecule has 0 aliphatic rings. The van der Waals surface area contributed by atoms with Crippen LogP contribution in [-0.4, -0.2) is 5.91 Å². The molecule has 1 amide bonds. The average Bonchev–Trinajstić information content (AvgIpc) is 2.38. The third-order valence-electron chi connectivity index (χ3n) is 3.44. The lowest BCUT2D eigenvalue weighted by Gasteiger charge is -2.17. The molecule has 1 atom stereocenters. The lowest BCUT2D eigenvalue weighted by atomic mass is 10.0. The second kappa shape index (κ2) is 5.78. The highest BCUT2D eigenvalue weighted by molar-refractivity contribution is 5.96. The van der Waals surface area contributed by atoms with Gasteiger partial charge in [0, 0.05) is 11.3 Å². The molecule has 0 saturated carbocycles. The van der Waals surface area contributed by atoms with Crippen molar-refractivity contribution in [2.45, 2.75) is 26.8 Å². The number of hydrogen-bond donors (Lipinski definition) is 2. The molecule has 0 aliphatic heterocycles. The number of anilines is 1. The van der Waals surface area contributed by atoms with Crippen LogP contribution in [0.1, 0.15) is 40.0 Å². The predicted molar refractivity (Wildman–Crippen MR) is 82.7 cm³/mol. The topological polar surface area (TPSA) is 55.1 Å². The van der Waals surface area contributed by atoms with E-state index in [9.17, 15) is 4.79 Å². The Bertz CT molecular complexity index is 635. The Labute approximate surface area is 119 Å². The summed E-state index contributed by atoms with van der Waals surface area (Å²) in [6.07, 6.45) is 0. The third kappa shape index (κ3) is 2.99. The molecule has 20 heavy (non-hydrogen) atoms. The Morgan fingerprint density at radius 2 is 1.85 bits per heavy atom. The van der Waals surface area contributed by atoms with Gasteiger partial charge in [-0.3, -0.25) is 4.79 Å². The predicted octanol–water partition coefficient (Wildman–Crippen LogP) is 3.38. The first kappa shape index (κ1) is 14.1. The summed E-state index contributed by atoms with van der Waals surface area (Å²) in [4.78, 5) is 12.3. The molecule has 2 rings (SSSR count). The Kier molecular flexibility index (Phi) is 4.08. The van der Waals surface area contributed by atoms with Gasteiger partial charge in [-0.2, -0.15) is 0 Å². The molecule has 0 aromatic heterocycles. The maximum Gasteiger partial charge on any atom is 0.252 e. The monoisotopic (exact) mass is 268 g/mol. The third-order valence-corrected chi connectivity index (χ3v) is 3.44. The standard InChI is InChI=1S/C17H20N2O/c1-11-8-9-14(12(2)10-11)17(20)19-13(3)15-6-4-5-7-16(15)18/h4-10,13H,18H2,1-3H3,(H,19,20). The second-order valence-corrected chi connectivity index (χ2v) is 5.14. The first-order valence-corrected chi connectivity index (χ1v) is 6.71. The van der Waals surface area contributed by atoms with Gasteiger partial charge in [-0.15, -0.1) is 0 Å². The summed E-state index contributed by atoms with van der Waals surface area (Å²) in [6.45, 7) is 5.90. The minimum atomic E-state index is -0.121. The highest BCUT2D eigenvalue weighted by Gasteiger charge is 2.14. The van der Waals surface area contributed by atoms with Crippen molar-refractivity contribution in [2.75, 3.05) is 5.73 Å². The summed E-state index contributed by atoms with van der Waals surface area (Å²) < 4.78 is 0. The van der Waals surface area contributed by atoms with Gasteiger partial charge in [0.15, 0.2) is 0 Å². The van der Waals surface area contributed by atoms with E-state index >= 15 is 0 Å². The van der Waals surface area contributed by atoms with Crippen LogP contribution in [0.25, 0.3) is 0 Å². The van der Waals surface area contributed by atoms with Gasteiger partial charge in [0.05, 0.1) is 6.04 Å². The van der Waals surface area contributed by atoms with E-state index in [0.717, 1.165) is 16.7 Å². The highest BCUT2D eigenvalue weighted by atomic mass is 16.1. The normalized spacial score (nSPS) is 11.9. The molecule has 1 unspecified atom stereocenters. The number of benzene rings is 2. The first-order valence-electron chi connectivity index (χ1n) is 6.71. The van der Waals surface area contributed by atoms with Crippen molar-refractivity contribution < 1.29 is 4.79 Å². The molecule has 0 bridgehead atoms. The summed E-state index contributed by atoms with van der Waals surface area (Å²) in [5.41, 5.74) is 10.4. The van der Waals surface area contributed by atoms with Gasteiger partial charge < -0.3 is 11.1 Å². The number of carbonyl (C=O) groups is 1. The zero-order valence-corrected chi connectivity index (χ0v) is 12.1. The van der Waals surface area contributed by atoms with Crippen LogP contribution in [0.15, 0.2) is 42.5 Å². The molecule has 3 N–H and O–H groups in total. The van der Waals surface area contributed by atoms with E-state index < -0.39 is 0 Å². The molecular weight excluding hydrogens is 248 g/mol. The number of amides is 1. The summed E-state index contributed by atoms with van der Waals surface area (Å²) in [7, 11) is 0. The van der Waals surface area contributed by atoms with E-state index in [1.54, 1.807) is 0 Å². The quantitative estimate of drug-likeness (QED) is 0.838. The van der Waals surface area contributed by atoms with Crippen molar-refractivity contribution >= 4 is 11.6 Å². The van der Waals surface area contributed by atoms with Gasteiger partial charge in [-0.25, -0.2) is 0 Å². The van der Waals surface area contributed by atoms with Crippen LogP contribution < -0.4 is 11.1 Å². The van der Waals surface area contributed by atoms with E-state index in [4.69, 9.17) is 5.73 Å². The van der Waals surface area contributed by atoms with E-state index in [2.05, 4.69) is 5.32 Å². The van der Waals surface area contributed by atoms with Gasteiger partial charge in [-0.1, -0.05) is 35.9 Å². The van der Waals surface area contributed by atoms with E-state index in [1.165, 1.54) is 0 Å². The van der Waals surface area contributed by atoms with Crippen LogP contribution in [0, 0.1) is 13.8 Å². The van der Waals surface area contributed by atoms with Crippen LogP contribution in [0.5, 0.6) is 0 Å². The summed E-state index contributed by atoms with van der Waals surface area (Å²) >= 11 is 0. The number of rotatable bonds is 3. The van der Waals surface area contributed by atoms with Gasteiger partial charge in [0.25, 0.3) is 5.91 Å². The van der Waals surface area contributed by atoms with Crippen molar-refractivity contribution in [1.82, 2.24) is 5.32 Å². The largest absolute Gasteiger partial charge is 0.398 e. The fourth-order valence-electron chi connectivity index (χ4n) is 2.33. The maximum atomic E-state index is 12.3. The zero-order chi connectivity index (χ0) is 14.7. The number of para-hydroxylation sites is 1. The van der Waals surface area contributed by atoms with Crippen molar-refractivity contribution in [1.29, 1.82) is 0 Å². The molecule has 0 spiro atoms. The molecule has 2 aromatic carbocycles. The zero-order valence-electron chi connectivity index (χ0n) is 12.1. The number of nitrogens with two attached hydrogens (primary N) is 1. The minimum absolute atomic E-state index is 0.0711. The molecule has 104 valence electrons. The molecule has 0 heterocycles. The molecular formula is C17H20N2O. The number of hydrogen-bond acceptors (Lipinski definition) is 2. The van der Waals surface area contributed by atoms with Crippen molar-refractivity contribution in [2.24, 2.45) is 0 Å². The fraction of sp³-hybridized carbons (Fsp3) is 0.235. The highest BCUT2D eigenvalue weighted by Crippen LogP contribution is 2.20. The van der Waals surface area contributed by atoms with Crippen LogP contribution >= 0.6 is 0 Å². The van der Waals surface area contributed by atoms with Gasteiger partial charge >= 0.3 is 0 Å². The lowest BCUT2D eigenvalue weighted by Crippen LogP contribution is -2.27. The number of carbonyl (C=O) groups excluding carboxylic acids is 1. The lowest BCUT2D eigenvalue weighted by molar-refractivity contribution is 0.0939. The second-order valence-electron chi connectivity index (χ2n) is 5.14. The molecule has 0 radical (unpaired) electrons. The molecule has 0 saturated heterocycles. The maximum absolute atomic E-state index is 12.3. The summed E-state index contributed by atoms with van der Waals surface area (Å²) in [5, 5.41) is 2.99. The molecule has 0 aliphatic carbocycles. The molecule has 3 heteroatoms. The van der Waals surface area contributed by atoms with E-state index in [1.807, 2.05) is 63.2 Å². The van der Waals surface area contributed by atoms with Crippen molar-refractivity contribution in [3.05, 3.63) is 64.7 Å². The number of aryl methyl sites for hydroxylation is 2. The fourth-order valence-corrected chi connectivity index (χ4v) is 2.33. The Morgan fingerprint density at radius 1 is 1.15 bits per heavy atom.